The van der Waals surface area contributed by atoms with Gasteiger partial charge in [-0.1, -0.05) is 13.3 Å². The Morgan fingerprint density at radius 3 is 2.17 bits per heavy atom. The molecule has 0 bridgehead atoms. The molecule has 6 heteroatoms. The van der Waals surface area contributed by atoms with E-state index in [-0.39, 0.29) is 23.9 Å². The molecule has 2 fully saturated rings. The molecule has 0 saturated heterocycles. The highest BCUT2D eigenvalue weighted by molar-refractivity contribution is 5.81. The third-order valence-corrected chi connectivity index (χ3v) is 6.55. The monoisotopic (exact) mass is 402 g/mol. The van der Waals surface area contributed by atoms with Gasteiger partial charge in [0.25, 0.3) is 0 Å². The average Bonchev–Trinajstić information content (AvgIpc) is 2.78. The zero-order chi connectivity index (χ0) is 20.6. The first-order valence-electron chi connectivity index (χ1n) is 11.2. The van der Waals surface area contributed by atoms with Gasteiger partial charge in [0.2, 0.25) is 0 Å². The van der Waals surface area contributed by atoms with Crippen LogP contribution in [-0.2, 0) is 14.3 Å². The van der Waals surface area contributed by atoms with Crippen molar-refractivity contribution < 1.29 is 19.1 Å². The molecule has 3 rings (SSSR count). The number of carbonyl (C=O) groups is 2. The van der Waals surface area contributed by atoms with Crippen LogP contribution in [0.25, 0.3) is 0 Å². The second-order valence-electron chi connectivity index (χ2n) is 8.53. The minimum Gasteiger partial charge on any atom is -0.467 e. The molecule has 0 N–H and O–H groups in total. The third-order valence-electron chi connectivity index (χ3n) is 6.55. The molecular formula is C23H34N2O4. The molecule has 1 heterocycles. The van der Waals surface area contributed by atoms with Gasteiger partial charge in [-0.05, 0) is 69.3 Å². The van der Waals surface area contributed by atoms with Crippen LogP contribution in [0, 0.1) is 11.8 Å². The first-order valence-corrected chi connectivity index (χ1v) is 11.2. The number of esters is 1. The van der Waals surface area contributed by atoms with Gasteiger partial charge in [0.15, 0.2) is 0 Å². The first kappa shape index (κ1) is 21.7. The van der Waals surface area contributed by atoms with Gasteiger partial charge in [-0.15, -0.1) is 0 Å². The van der Waals surface area contributed by atoms with E-state index in [4.69, 9.17) is 9.47 Å². The smallest absolute Gasteiger partial charge is 0.316 e. The summed E-state index contributed by atoms with van der Waals surface area (Å²) in [5.74, 6) is 0.881. The molecule has 6 nitrogen and oxygen atoms in total. The third kappa shape index (κ3) is 6.00. The van der Waals surface area contributed by atoms with Crippen molar-refractivity contribution in [3.8, 4) is 6.01 Å². The summed E-state index contributed by atoms with van der Waals surface area (Å²) in [4.78, 5) is 33.2. The van der Waals surface area contributed by atoms with Crippen LogP contribution in [0.15, 0.2) is 12.4 Å². The molecule has 2 saturated carbocycles. The van der Waals surface area contributed by atoms with E-state index in [1.54, 1.807) is 7.11 Å². The Bertz CT molecular complexity index is 660. The van der Waals surface area contributed by atoms with E-state index < -0.39 is 0 Å². The zero-order valence-corrected chi connectivity index (χ0v) is 17.8. The molecule has 0 spiro atoms. The van der Waals surface area contributed by atoms with Crippen molar-refractivity contribution in [2.45, 2.75) is 89.6 Å². The molecule has 0 amide bonds. The number of ketones is 1. The van der Waals surface area contributed by atoms with Crippen LogP contribution in [0.5, 0.6) is 6.01 Å². The average molecular weight is 403 g/mol. The second-order valence-corrected chi connectivity index (χ2v) is 8.53. The number of aromatic nitrogens is 2. The Morgan fingerprint density at radius 2 is 1.59 bits per heavy atom. The van der Waals surface area contributed by atoms with Crippen molar-refractivity contribution in [3.05, 3.63) is 18.0 Å². The lowest BCUT2D eigenvalue weighted by Gasteiger charge is -2.31. The van der Waals surface area contributed by atoms with Crippen LogP contribution < -0.4 is 4.74 Å². The van der Waals surface area contributed by atoms with Crippen LogP contribution in [0.1, 0.15) is 89.0 Å². The molecule has 1 aromatic heterocycles. The van der Waals surface area contributed by atoms with Crippen LogP contribution in [0.4, 0.5) is 0 Å². The Hall–Kier alpha value is -1.98. The Balaban J connectivity index is 1.39. The minimum absolute atomic E-state index is 0.0156. The number of ether oxygens (including phenoxy) is 2. The van der Waals surface area contributed by atoms with E-state index in [1.807, 2.05) is 12.4 Å². The summed E-state index contributed by atoms with van der Waals surface area (Å²) in [7, 11) is 1.56. The van der Waals surface area contributed by atoms with Gasteiger partial charge < -0.3 is 9.47 Å². The fourth-order valence-electron chi connectivity index (χ4n) is 4.62. The van der Waals surface area contributed by atoms with Gasteiger partial charge in [0.1, 0.15) is 11.9 Å². The quantitative estimate of drug-likeness (QED) is 0.590. The predicted molar refractivity (Wildman–Crippen MR) is 110 cm³/mol. The van der Waals surface area contributed by atoms with Gasteiger partial charge in [-0.3, -0.25) is 9.59 Å². The van der Waals surface area contributed by atoms with E-state index in [0.29, 0.717) is 24.1 Å². The summed E-state index contributed by atoms with van der Waals surface area (Å²) in [6.45, 7) is 2.11. The van der Waals surface area contributed by atoms with Crippen molar-refractivity contribution in [2.24, 2.45) is 11.8 Å². The van der Waals surface area contributed by atoms with Crippen LogP contribution in [-0.4, -0.2) is 34.9 Å². The zero-order valence-electron chi connectivity index (χ0n) is 17.8. The minimum atomic E-state index is -0.0549. The van der Waals surface area contributed by atoms with Gasteiger partial charge in [-0.25, -0.2) is 9.97 Å². The van der Waals surface area contributed by atoms with Gasteiger partial charge in [0.05, 0.1) is 13.0 Å². The topological polar surface area (TPSA) is 78.4 Å². The number of unbranched alkanes of at least 4 members (excludes halogenated alkanes) is 1. The summed E-state index contributed by atoms with van der Waals surface area (Å²) >= 11 is 0. The Labute approximate surface area is 173 Å². The van der Waals surface area contributed by atoms with Crippen molar-refractivity contribution in [2.75, 3.05) is 7.11 Å². The number of carbonyl (C=O) groups excluding carboxylic acids is 2. The van der Waals surface area contributed by atoms with Crippen LogP contribution in [0.3, 0.4) is 0 Å². The number of hydrogen-bond donors (Lipinski definition) is 0. The van der Waals surface area contributed by atoms with Crippen LogP contribution in [0.2, 0.25) is 0 Å². The molecule has 1 aromatic rings. The predicted octanol–water partition coefficient (Wildman–Crippen LogP) is 4.62. The SMILES string of the molecule is CCCCC(=O)[C@H]1CC[C@H](C(=O)O[C@H]2CC[C@H](c3cnc(OC)nc3)CC2)CC1. The molecule has 0 atom stereocenters. The van der Waals surface area contributed by atoms with E-state index in [0.717, 1.165) is 69.8 Å². The molecule has 2 aliphatic rings. The number of methoxy groups -OCH3 is 1. The molecule has 160 valence electrons. The molecule has 0 radical (unpaired) electrons. The Kier molecular flexibility index (Phi) is 8.01. The lowest BCUT2D eigenvalue weighted by Crippen LogP contribution is -2.31. The summed E-state index contributed by atoms with van der Waals surface area (Å²) in [5.41, 5.74) is 1.13. The van der Waals surface area contributed by atoms with Gasteiger partial charge >= 0.3 is 12.0 Å². The number of rotatable bonds is 8. The first-order chi connectivity index (χ1) is 14.1. The van der Waals surface area contributed by atoms with E-state index in [9.17, 15) is 9.59 Å². The summed E-state index contributed by atoms with van der Waals surface area (Å²) in [5, 5.41) is 0. The van der Waals surface area contributed by atoms with Crippen molar-refractivity contribution in [1.82, 2.24) is 9.97 Å². The highest BCUT2D eigenvalue weighted by Gasteiger charge is 2.32. The maximum atomic E-state index is 12.6. The lowest BCUT2D eigenvalue weighted by atomic mass is 9.79. The van der Waals surface area contributed by atoms with Gasteiger partial charge in [-0.2, -0.15) is 0 Å². The largest absolute Gasteiger partial charge is 0.467 e. The van der Waals surface area contributed by atoms with Crippen molar-refractivity contribution in [3.63, 3.8) is 0 Å². The Morgan fingerprint density at radius 1 is 0.966 bits per heavy atom. The highest BCUT2D eigenvalue weighted by atomic mass is 16.5. The van der Waals surface area contributed by atoms with Crippen molar-refractivity contribution >= 4 is 11.8 Å². The maximum Gasteiger partial charge on any atom is 0.316 e. The maximum absolute atomic E-state index is 12.6. The molecule has 29 heavy (non-hydrogen) atoms. The number of Topliss-reactive ketones (excluding diaryl/α,β-unsaturated/α-hetero) is 1. The number of nitrogens with zero attached hydrogens (tertiary/aromatic N) is 2. The van der Waals surface area contributed by atoms with E-state index in [2.05, 4.69) is 16.9 Å². The van der Waals surface area contributed by atoms with E-state index >= 15 is 0 Å². The second kappa shape index (κ2) is 10.7. The molecule has 0 aliphatic heterocycles. The number of hydrogen-bond acceptors (Lipinski definition) is 6. The molecular weight excluding hydrogens is 368 g/mol. The molecule has 2 aliphatic carbocycles. The normalized spacial score (nSPS) is 27.2. The summed E-state index contributed by atoms with van der Waals surface area (Å²) < 4.78 is 10.9. The highest BCUT2D eigenvalue weighted by Crippen LogP contribution is 2.36. The van der Waals surface area contributed by atoms with Crippen LogP contribution >= 0.6 is 0 Å². The fraction of sp³-hybridized carbons (Fsp3) is 0.739. The standard InChI is InChI=1S/C23H34N2O4/c1-3-4-5-21(26)17-6-8-18(9-7-17)22(27)29-20-12-10-16(11-13-20)19-14-24-23(28-2)25-15-19/h14-18,20H,3-13H2,1-2H3/t16-,17-,18-,20-. The molecule has 0 aromatic carbocycles. The summed E-state index contributed by atoms with van der Waals surface area (Å²) in [6.07, 6.45) is 13.4. The summed E-state index contributed by atoms with van der Waals surface area (Å²) in [6, 6.07) is 0.387. The fourth-order valence-corrected chi connectivity index (χ4v) is 4.62. The van der Waals surface area contributed by atoms with E-state index in [1.165, 1.54) is 0 Å². The molecule has 0 unspecified atom stereocenters. The van der Waals surface area contributed by atoms with Crippen molar-refractivity contribution in [1.29, 1.82) is 0 Å². The lowest BCUT2D eigenvalue weighted by molar-refractivity contribution is -0.157. The van der Waals surface area contributed by atoms with Gasteiger partial charge in [0, 0.05) is 24.7 Å².